The molecule has 1 rings (SSSR count). The zero-order chi connectivity index (χ0) is 10.3. The van der Waals surface area contributed by atoms with Crippen LogP contribution in [0.2, 0.25) is 0 Å². The van der Waals surface area contributed by atoms with Gasteiger partial charge in [-0.1, -0.05) is 6.08 Å². The van der Waals surface area contributed by atoms with E-state index in [1.54, 1.807) is 0 Å². The quantitative estimate of drug-likeness (QED) is 0.497. The molecule has 0 aromatic heterocycles. The molecule has 1 aliphatic rings. The van der Waals surface area contributed by atoms with Crippen LogP contribution in [0.1, 0.15) is 25.7 Å². The third-order valence-corrected chi connectivity index (χ3v) is 2.64. The monoisotopic (exact) mass is 199 g/mol. The number of ether oxygens (including phenoxy) is 1. The molecule has 14 heavy (non-hydrogen) atoms. The smallest absolute Gasteiger partial charge is 0.0815 e. The van der Waals surface area contributed by atoms with Gasteiger partial charge in [-0.05, 0) is 19.4 Å². The normalized spacial score (nSPS) is 20.6. The van der Waals surface area contributed by atoms with Crippen LogP contribution in [0, 0.1) is 0 Å². The molecule has 0 bridgehead atoms. The van der Waals surface area contributed by atoms with Crippen molar-refractivity contribution in [2.24, 2.45) is 0 Å². The van der Waals surface area contributed by atoms with Gasteiger partial charge in [0.1, 0.15) is 0 Å². The molecule has 0 atom stereocenters. The molecule has 0 amide bonds. The highest BCUT2D eigenvalue weighted by Gasteiger charge is 2.28. The Morgan fingerprint density at radius 1 is 1.43 bits per heavy atom. The van der Waals surface area contributed by atoms with E-state index in [1.807, 2.05) is 6.08 Å². The molecule has 1 aliphatic heterocycles. The van der Waals surface area contributed by atoms with Crippen LogP contribution in [0.15, 0.2) is 12.7 Å². The zero-order valence-electron chi connectivity index (χ0n) is 8.80. The van der Waals surface area contributed by atoms with Crippen molar-refractivity contribution in [2.75, 3.05) is 26.3 Å². The summed E-state index contributed by atoms with van der Waals surface area (Å²) >= 11 is 0. The second-order valence-electron chi connectivity index (χ2n) is 3.94. The highest BCUT2D eigenvalue weighted by atomic mass is 16.5. The summed E-state index contributed by atoms with van der Waals surface area (Å²) in [7, 11) is 0. The van der Waals surface area contributed by atoms with Crippen molar-refractivity contribution in [3.05, 3.63) is 12.7 Å². The van der Waals surface area contributed by atoms with E-state index < -0.39 is 5.60 Å². The fourth-order valence-electron chi connectivity index (χ4n) is 1.62. The van der Waals surface area contributed by atoms with E-state index in [0.717, 1.165) is 32.2 Å². The number of aliphatic hydroxyl groups is 1. The van der Waals surface area contributed by atoms with Crippen molar-refractivity contribution in [3.8, 4) is 0 Å². The standard InChI is InChI=1S/C11H21NO2/c1-2-3-4-7-12-10-11(13)5-8-14-9-6-11/h2,12-13H,1,3-10H2. The number of rotatable bonds is 6. The minimum absolute atomic E-state index is 0.535. The van der Waals surface area contributed by atoms with E-state index in [9.17, 15) is 5.11 Å². The third-order valence-electron chi connectivity index (χ3n) is 2.64. The van der Waals surface area contributed by atoms with Crippen LogP contribution in [-0.2, 0) is 4.74 Å². The first-order chi connectivity index (χ1) is 6.77. The van der Waals surface area contributed by atoms with Gasteiger partial charge in [0, 0.05) is 32.6 Å². The maximum absolute atomic E-state index is 10.1. The van der Waals surface area contributed by atoms with Crippen molar-refractivity contribution in [3.63, 3.8) is 0 Å². The molecule has 0 aromatic carbocycles. The van der Waals surface area contributed by atoms with Gasteiger partial charge >= 0.3 is 0 Å². The lowest BCUT2D eigenvalue weighted by Crippen LogP contribution is -2.45. The van der Waals surface area contributed by atoms with Crippen molar-refractivity contribution in [1.29, 1.82) is 0 Å². The van der Waals surface area contributed by atoms with Gasteiger partial charge in [-0.2, -0.15) is 0 Å². The largest absolute Gasteiger partial charge is 0.388 e. The molecule has 82 valence electrons. The van der Waals surface area contributed by atoms with E-state index in [2.05, 4.69) is 11.9 Å². The topological polar surface area (TPSA) is 41.5 Å². The number of unbranched alkanes of at least 4 members (excludes halogenated alkanes) is 1. The Morgan fingerprint density at radius 3 is 2.79 bits per heavy atom. The number of allylic oxidation sites excluding steroid dienone is 1. The number of nitrogens with one attached hydrogen (secondary N) is 1. The average molecular weight is 199 g/mol. The summed E-state index contributed by atoms with van der Waals surface area (Å²) in [5.41, 5.74) is -0.535. The Bertz CT molecular complexity index is 165. The SMILES string of the molecule is C=CCCCNCC1(O)CCOCC1. The maximum Gasteiger partial charge on any atom is 0.0815 e. The van der Waals surface area contributed by atoms with Crippen LogP contribution < -0.4 is 5.32 Å². The predicted molar refractivity (Wildman–Crippen MR) is 57.3 cm³/mol. The Morgan fingerprint density at radius 2 is 2.14 bits per heavy atom. The molecule has 0 radical (unpaired) electrons. The molecule has 0 aromatic rings. The molecule has 0 spiro atoms. The van der Waals surface area contributed by atoms with Gasteiger partial charge in [-0.3, -0.25) is 0 Å². The lowest BCUT2D eigenvalue weighted by Gasteiger charge is -2.32. The van der Waals surface area contributed by atoms with E-state index in [-0.39, 0.29) is 0 Å². The Balaban J connectivity index is 2.06. The van der Waals surface area contributed by atoms with Crippen molar-refractivity contribution in [2.45, 2.75) is 31.3 Å². The molecule has 0 unspecified atom stereocenters. The average Bonchev–Trinajstić information content (AvgIpc) is 2.18. The van der Waals surface area contributed by atoms with Crippen LogP contribution in [0.3, 0.4) is 0 Å². The van der Waals surface area contributed by atoms with Crippen LogP contribution in [0.5, 0.6) is 0 Å². The van der Waals surface area contributed by atoms with Gasteiger partial charge in [0.15, 0.2) is 0 Å². The second-order valence-corrected chi connectivity index (χ2v) is 3.94. The molecule has 1 saturated heterocycles. The van der Waals surface area contributed by atoms with Crippen molar-refractivity contribution >= 4 is 0 Å². The summed E-state index contributed by atoms with van der Waals surface area (Å²) < 4.78 is 5.21. The van der Waals surface area contributed by atoms with Crippen molar-refractivity contribution in [1.82, 2.24) is 5.32 Å². The number of hydrogen-bond acceptors (Lipinski definition) is 3. The van der Waals surface area contributed by atoms with Gasteiger partial charge in [-0.25, -0.2) is 0 Å². The van der Waals surface area contributed by atoms with E-state index in [1.165, 1.54) is 0 Å². The second kappa shape index (κ2) is 6.17. The molecular weight excluding hydrogens is 178 g/mol. The van der Waals surface area contributed by atoms with Gasteiger partial charge in [-0.15, -0.1) is 6.58 Å². The Hall–Kier alpha value is -0.380. The fraction of sp³-hybridized carbons (Fsp3) is 0.818. The molecule has 3 heteroatoms. The third kappa shape index (κ3) is 4.22. The first-order valence-corrected chi connectivity index (χ1v) is 5.39. The first-order valence-electron chi connectivity index (χ1n) is 5.39. The van der Waals surface area contributed by atoms with Crippen LogP contribution in [-0.4, -0.2) is 37.0 Å². The zero-order valence-corrected chi connectivity index (χ0v) is 8.80. The van der Waals surface area contributed by atoms with Crippen LogP contribution in [0.25, 0.3) is 0 Å². The molecule has 0 aliphatic carbocycles. The maximum atomic E-state index is 10.1. The molecule has 3 nitrogen and oxygen atoms in total. The number of hydrogen-bond donors (Lipinski definition) is 2. The lowest BCUT2D eigenvalue weighted by atomic mass is 9.94. The highest BCUT2D eigenvalue weighted by Crippen LogP contribution is 2.18. The van der Waals surface area contributed by atoms with E-state index in [0.29, 0.717) is 19.8 Å². The fourth-order valence-corrected chi connectivity index (χ4v) is 1.62. The van der Waals surface area contributed by atoms with Crippen molar-refractivity contribution < 1.29 is 9.84 Å². The van der Waals surface area contributed by atoms with Gasteiger partial charge in [0.05, 0.1) is 5.60 Å². The Labute approximate surface area is 86.2 Å². The van der Waals surface area contributed by atoms with Crippen LogP contribution >= 0.6 is 0 Å². The summed E-state index contributed by atoms with van der Waals surface area (Å²) in [5.74, 6) is 0. The van der Waals surface area contributed by atoms with E-state index >= 15 is 0 Å². The molecule has 2 N–H and O–H groups in total. The summed E-state index contributed by atoms with van der Waals surface area (Å²) in [5, 5.41) is 13.3. The molecule has 1 heterocycles. The summed E-state index contributed by atoms with van der Waals surface area (Å²) in [6.07, 6.45) is 5.55. The molecule has 1 fully saturated rings. The summed E-state index contributed by atoms with van der Waals surface area (Å²) in [6, 6.07) is 0. The van der Waals surface area contributed by atoms with E-state index in [4.69, 9.17) is 4.74 Å². The molecule has 0 saturated carbocycles. The summed E-state index contributed by atoms with van der Waals surface area (Å²) in [6.45, 7) is 6.68. The minimum Gasteiger partial charge on any atom is -0.388 e. The van der Waals surface area contributed by atoms with Crippen LogP contribution in [0.4, 0.5) is 0 Å². The first kappa shape index (κ1) is 11.7. The predicted octanol–water partition coefficient (Wildman–Crippen LogP) is 1.08. The van der Waals surface area contributed by atoms with Gasteiger partial charge in [0.25, 0.3) is 0 Å². The van der Waals surface area contributed by atoms with Gasteiger partial charge in [0.2, 0.25) is 0 Å². The highest BCUT2D eigenvalue weighted by molar-refractivity contribution is 4.83. The lowest BCUT2D eigenvalue weighted by molar-refractivity contribution is -0.0614. The molecular formula is C11H21NO2. The summed E-state index contributed by atoms with van der Waals surface area (Å²) in [4.78, 5) is 0. The van der Waals surface area contributed by atoms with Gasteiger partial charge < -0.3 is 15.2 Å². The Kier molecular flexibility index (Phi) is 5.15. The minimum atomic E-state index is -0.535.